The number of benzene rings is 1. The third kappa shape index (κ3) is 4.83. The Hall–Kier alpha value is -1.39. The first-order valence-electron chi connectivity index (χ1n) is 7.86. The van der Waals surface area contributed by atoms with Crippen LogP contribution in [0.3, 0.4) is 0 Å². The van der Waals surface area contributed by atoms with Crippen LogP contribution in [0.2, 0.25) is 0 Å². The Labute approximate surface area is 127 Å². The van der Waals surface area contributed by atoms with Crippen molar-refractivity contribution in [3.63, 3.8) is 0 Å². The zero-order valence-corrected chi connectivity index (χ0v) is 13.4. The molecule has 0 spiro atoms. The van der Waals surface area contributed by atoms with Gasteiger partial charge in [0, 0.05) is 13.1 Å². The molecule has 0 radical (unpaired) electrons. The van der Waals surface area contributed by atoms with E-state index in [1.165, 1.54) is 16.7 Å². The van der Waals surface area contributed by atoms with E-state index in [2.05, 4.69) is 54.5 Å². The number of rotatable bonds is 4. The van der Waals surface area contributed by atoms with E-state index in [4.69, 9.17) is 0 Å². The molecule has 1 heterocycles. The Morgan fingerprint density at radius 3 is 2.95 bits per heavy atom. The molecule has 4 heteroatoms. The second kappa shape index (κ2) is 7.57. The van der Waals surface area contributed by atoms with Crippen LogP contribution in [0.1, 0.15) is 36.1 Å². The summed E-state index contributed by atoms with van der Waals surface area (Å²) in [6, 6.07) is 6.45. The highest BCUT2D eigenvalue weighted by atomic mass is 16.2. The van der Waals surface area contributed by atoms with Crippen LogP contribution < -0.4 is 10.6 Å². The van der Waals surface area contributed by atoms with Crippen molar-refractivity contribution in [1.82, 2.24) is 15.5 Å². The number of hydrogen-bond donors (Lipinski definition) is 2. The van der Waals surface area contributed by atoms with Crippen LogP contribution in [0.5, 0.6) is 0 Å². The van der Waals surface area contributed by atoms with Gasteiger partial charge in [0.25, 0.3) is 0 Å². The molecule has 0 aromatic heterocycles. The second-order valence-electron chi connectivity index (χ2n) is 6.03. The molecule has 1 aromatic carbocycles. The van der Waals surface area contributed by atoms with Gasteiger partial charge >= 0.3 is 0 Å². The average Bonchev–Trinajstić information content (AvgIpc) is 2.70. The van der Waals surface area contributed by atoms with Gasteiger partial charge in [0.05, 0.1) is 12.6 Å². The molecule has 4 nitrogen and oxygen atoms in total. The zero-order valence-electron chi connectivity index (χ0n) is 13.4. The third-order valence-electron chi connectivity index (χ3n) is 4.08. The largest absolute Gasteiger partial charge is 0.348 e. The molecule has 2 N–H and O–H groups in total. The van der Waals surface area contributed by atoms with Crippen molar-refractivity contribution in [2.75, 3.05) is 32.7 Å². The summed E-state index contributed by atoms with van der Waals surface area (Å²) in [5.74, 6) is 0.116. The van der Waals surface area contributed by atoms with Gasteiger partial charge in [-0.1, -0.05) is 23.8 Å². The molecule has 21 heavy (non-hydrogen) atoms. The van der Waals surface area contributed by atoms with Crippen LogP contribution in [-0.2, 0) is 4.79 Å². The zero-order chi connectivity index (χ0) is 15.2. The molecule has 1 aliphatic heterocycles. The second-order valence-corrected chi connectivity index (χ2v) is 6.03. The molecule has 0 saturated carbocycles. The SMILES string of the molecule is Cc1ccc(C)c(C(C)NC(=O)CN2CCCNCC2)c1. The van der Waals surface area contributed by atoms with Crippen LogP contribution in [0.4, 0.5) is 0 Å². The van der Waals surface area contributed by atoms with E-state index in [1.807, 2.05) is 0 Å². The van der Waals surface area contributed by atoms with Gasteiger partial charge in [-0.2, -0.15) is 0 Å². The Kier molecular flexibility index (Phi) is 5.76. The minimum atomic E-state index is 0.0579. The first-order valence-corrected chi connectivity index (χ1v) is 7.86. The topological polar surface area (TPSA) is 44.4 Å². The summed E-state index contributed by atoms with van der Waals surface area (Å²) in [4.78, 5) is 14.5. The molecule has 0 aliphatic carbocycles. The lowest BCUT2D eigenvalue weighted by molar-refractivity contribution is -0.122. The van der Waals surface area contributed by atoms with Crippen molar-refractivity contribution in [3.8, 4) is 0 Å². The highest BCUT2D eigenvalue weighted by Gasteiger charge is 2.16. The molecular formula is C17H27N3O. The van der Waals surface area contributed by atoms with E-state index in [0.717, 1.165) is 32.6 Å². The Bertz CT molecular complexity index is 479. The number of carbonyl (C=O) groups is 1. The predicted molar refractivity (Wildman–Crippen MR) is 86.4 cm³/mol. The number of aryl methyl sites for hydroxylation is 2. The van der Waals surface area contributed by atoms with E-state index in [1.54, 1.807) is 0 Å². The quantitative estimate of drug-likeness (QED) is 0.888. The standard InChI is InChI=1S/C17H27N3O/c1-13-5-6-14(2)16(11-13)15(3)19-17(21)12-20-9-4-7-18-8-10-20/h5-6,11,15,18H,4,7-10,12H2,1-3H3,(H,19,21). The normalized spacial score (nSPS) is 18.0. The van der Waals surface area contributed by atoms with E-state index in [9.17, 15) is 4.79 Å². The van der Waals surface area contributed by atoms with Crippen molar-refractivity contribution in [3.05, 3.63) is 34.9 Å². The minimum absolute atomic E-state index is 0.0579. The predicted octanol–water partition coefficient (Wildman–Crippen LogP) is 1.78. The summed E-state index contributed by atoms with van der Waals surface area (Å²) >= 11 is 0. The number of hydrogen-bond acceptors (Lipinski definition) is 3. The van der Waals surface area contributed by atoms with E-state index in [-0.39, 0.29) is 11.9 Å². The highest BCUT2D eigenvalue weighted by molar-refractivity contribution is 5.78. The number of amides is 1. The lowest BCUT2D eigenvalue weighted by Crippen LogP contribution is -2.39. The molecule has 1 atom stereocenters. The van der Waals surface area contributed by atoms with Gasteiger partial charge in [-0.15, -0.1) is 0 Å². The molecule has 1 amide bonds. The van der Waals surface area contributed by atoms with Gasteiger partial charge in [0.1, 0.15) is 0 Å². The van der Waals surface area contributed by atoms with Crippen molar-refractivity contribution < 1.29 is 4.79 Å². The molecule has 1 fully saturated rings. The molecule has 0 bridgehead atoms. The summed E-state index contributed by atoms with van der Waals surface area (Å²) in [6.07, 6.45) is 1.11. The van der Waals surface area contributed by atoms with Crippen LogP contribution in [-0.4, -0.2) is 43.5 Å². The van der Waals surface area contributed by atoms with Gasteiger partial charge in [-0.05, 0) is 51.4 Å². The highest BCUT2D eigenvalue weighted by Crippen LogP contribution is 2.18. The Morgan fingerprint density at radius 2 is 2.14 bits per heavy atom. The first-order chi connectivity index (χ1) is 10.1. The fourth-order valence-corrected chi connectivity index (χ4v) is 2.85. The number of nitrogens with zero attached hydrogens (tertiary/aromatic N) is 1. The lowest BCUT2D eigenvalue weighted by atomic mass is 10.00. The molecule has 2 rings (SSSR count). The summed E-state index contributed by atoms with van der Waals surface area (Å²) in [7, 11) is 0. The summed E-state index contributed by atoms with van der Waals surface area (Å²) in [6.45, 7) is 10.7. The molecular weight excluding hydrogens is 262 g/mol. The van der Waals surface area contributed by atoms with Gasteiger partial charge in [-0.25, -0.2) is 0 Å². The fraction of sp³-hybridized carbons (Fsp3) is 0.588. The number of nitrogens with one attached hydrogen (secondary N) is 2. The molecule has 116 valence electrons. The van der Waals surface area contributed by atoms with E-state index in [0.29, 0.717) is 6.54 Å². The van der Waals surface area contributed by atoms with Crippen molar-refractivity contribution >= 4 is 5.91 Å². The number of carbonyl (C=O) groups excluding carboxylic acids is 1. The summed E-state index contributed by atoms with van der Waals surface area (Å²) in [5, 5.41) is 6.49. The molecule has 1 unspecified atom stereocenters. The molecule has 1 saturated heterocycles. The Balaban J connectivity index is 1.90. The van der Waals surface area contributed by atoms with Crippen molar-refractivity contribution in [2.24, 2.45) is 0 Å². The maximum absolute atomic E-state index is 12.2. The van der Waals surface area contributed by atoms with Crippen LogP contribution in [0, 0.1) is 13.8 Å². The summed E-state index contributed by atoms with van der Waals surface area (Å²) in [5.41, 5.74) is 3.67. The lowest BCUT2D eigenvalue weighted by Gasteiger charge is -2.22. The monoisotopic (exact) mass is 289 g/mol. The maximum Gasteiger partial charge on any atom is 0.234 e. The van der Waals surface area contributed by atoms with Gasteiger partial charge < -0.3 is 10.6 Å². The smallest absolute Gasteiger partial charge is 0.234 e. The van der Waals surface area contributed by atoms with Crippen LogP contribution in [0.25, 0.3) is 0 Å². The fourth-order valence-electron chi connectivity index (χ4n) is 2.85. The van der Waals surface area contributed by atoms with Crippen molar-refractivity contribution in [1.29, 1.82) is 0 Å². The van der Waals surface area contributed by atoms with Crippen LogP contribution >= 0.6 is 0 Å². The first kappa shape index (κ1) is 16.0. The Morgan fingerprint density at radius 1 is 1.33 bits per heavy atom. The van der Waals surface area contributed by atoms with E-state index >= 15 is 0 Å². The van der Waals surface area contributed by atoms with E-state index < -0.39 is 0 Å². The minimum Gasteiger partial charge on any atom is -0.348 e. The van der Waals surface area contributed by atoms with Gasteiger partial charge in [0.2, 0.25) is 5.91 Å². The maximum atomic E-state index is 12.2. The third-order valence-corrected chi connectivity index (χ3v) is 4.08. The van der Waals surface area contributed by atoms with Gasteiger partial charge in [0.15, 0.2) is 0 Å². The molecule has 1 aromatic rings. The summed E-state index contributed by atoms with van der Waals surface area (Å²) < 4.78 is 0. The average molecular weight is 289 g/mol. The molecule has 1 aliphatic rings. The van der Waals surface area contributed by atoms with Crippen molar-refractivity contribution in [2.45, 2.75) is 33.2 Å². The van der Waals surface area contributed by atoms with Gasteiger partial charge in [-0.3, -0.25) is 9.69 Å². The van der Waals surface area contributed by atoms with Crippen LogP contribution in [0.15, 0.2) is 18.2 Å².